The molecule has 4 aliphatic carbocycles. The Balaban J connectivity index is 1.77. The SMILES string of the molecule is C=C(C(=O)OC12CC3CC(CC(N)(C3)C1)C2)C(F)(F)F. The highest BCUT2D eigenvalue weighted by molar-refractivity contribution is 5.89. The third kappa shape index (κ3) is 2.24. The van der Waals surface area contributed by atoms with Gasteiger partial charge >= 0.3 is 12.1 Å². The summed E-state index contributed by atoms with van der Waals surface area (Å²) in [6, 6.07) is 0. The Labute approximate surface area is 115 Å². The molecular weight excluding hydrogens is 271 g/mol. The van der Waals surface area contributed by atoms with Gasteiger partial charge in [-0.15, -0.1) is 0 Å². The molecule has 4 rings (SSSR count). The van der Waals surface area contributed by atoms with Crippen molar-refractivity contribution < 1.29 is 22.7 Å². The number of halogens is 3. The summed E-state index contributed by atoms with van der Waals surface area (Å²) in [6.45, 7) is 2.81. The molecule has 6 heteroatoms. The van der Waals surface area contributed by atoms with Gasteiger partial charge in [-0.2, -0.15) is 13.2 Å². The van der Waals surface area contributed by atoms with Gasteiger partial charge in [-0.1, -0.05) is 6.58 Å². The van der Waals surface area contributed by atoms with Gasteiger partial charge in [-0.05, 0) is 43.9 Å². The summed E-state index contributed by atoms with van der Waals surface area (Å²) < 4.78 is 42.8. The first-order chi connectivity index (χ1) is 9.11. The molecule has 4 aliphatic rings. The van der Waals surface area contributed by atoms with E-state index in [9.17, 15) is 18.0 Å². The highest BCUT2D eigenvalue weighted by Crippen LogP contribution is 2.58. The molecule has 2 unspecified atom stereocenters. The Kier molecular flexibility index (Phi) is 2.78. The molecule has 3 nitrogen and oxygen atoms in total. The van der Waals surface area contributed by atoms with E-state index in [-0.39, 0.29) is 5.54 Å². The molecule has 2 N–H and O–H groups in total. The van der Waals surface area contributed by atoms with Crippen LogP contribution in [0.3, 0.4) is 0 Å². The van der Waals surface area contributed by atoms with Crippen LogP contribution in [0.15, 0.2) is 12.2 Å². The second-order valence-electron chi connectivity index (χ2n) is 6.87. The summed E-state index contributed by atoms with van der Waals surface area (Å²) in [6.07, 6.45) is -0.146. The van der Waals surface area contributed by atoms with Crippen LogP contribution in [0, 0.1) is 11.8 Å². The molecule has 0 aliphatic heterocycles. The summed E-state index contributed by atoms with van der Waals surface area (Å²) in [5.41, 5.74) is 3.70. The Morgan fingerprint density at radius 2 is 1.75 bits per heavy atom. The predicted molar refractivity (Wildman–Crippen MR) is 65.6 cm³/mol. The van der Waals surface area contributed by atoms with Gasteiger partial charge in [-0.25, -0.2) is 4.79 Å². The van der Waals surface area contributed by atoms with Crippen molar-refractivity contribution in [2.24, 2.45) is 17.6 Å². The van der Waals surface area contributed by atoms with E-state index < -0.39 is 23.3 Å². The van der Waals surface area contributed by atoms with E-state index in [0.717, 1.165) is 19.3 Å². The van der Waals surface area contributed by atoms with E-state index in [1.54, 1.807) is 0 Å². The van der Waals surface area contributed by atoms with E-state index in [0.29, 0.717) is 31.1 Å². The van der Waals surface area contributed by atoms with E-state index >= 15 is 0 Å². The fourth-order valence-electron chi connectivity index (χ4n) is 4.74. The van der Waals surface area contributed by atoms with Gasteiger partial charge in [0.05, 0.1) is 0 Å². The molecule has 0 aromatic heterocycles. The van der Waals surface area contributed by atoms with Crippen LogP contribution < -0.4 is 5.73 Å². The average molecular weight is 289 g/mol. The monoisotopic (exact) mass is 289 g/mol. The first-order valence-corrected chi connectivity index (χ1v) is 6.89. The Hall–Kier alpha value is -1.04. The van der Waals surface area contributed by atoms with Crippen molar-refractivity contribution in [3.8, 4) is 0 Å². The Bertz CT molecular complexity index is 458. The van der Waals surface area contributed by atoms with Crippen LogP contribution in [-0.2, 0) is 9.53 Å². The predicted octanol–water partition coefficient (Wildman–Crippen LogP) is 2.70. The zero-order valence-corrected chi connectivity index (χ0v) is 11.1. The zero-order chi connectivity index (χ0) is 14.8. The van der Waals surface area contributed by atoms with Crippen LogP contribution in [0.1, 0.15) is 38.5 Å². The molecule has 0 spiro atoms. The lowest BCUT2D eigenvalue weighted by Gasteiger charge is -2.59. The van der Waals surface area contributed by atoms with Crippen molar-refractivity contribution >= 4 is 5.97 Å². The van der Waals surface area contributed by atoms with Crippen LogP contribution >= 0.6 is 0 Å². The second-order valence-corrected chi connectivity index (χ2v) is 6.87. The summed E-state index contributed by atoms with van der Waals surface area (Å²) >= 11 is 0. The number of rotatable bonds is 2. The van der Waals surface area contributed by atoms with Crippen molar-refractivity contribution in [3.05, 3.63) is 12.2 Å². The van der Waals surface area contributed by atoms with Gasteiger partial charge in [0.25, 0.3) is 0 Å². The minimum atomic E-state index is -4.74. The summed E-state index contributed by atoms with van der Waals surface area (Å²) in [5, 5.41) is 0. The van der Waals surface area contributed by atoms with Crippen LogP contribution in [0.25, 0.3) is 0 Å². The first kappa shape index (κ1) is 13.9. The molecule has 2 atom stereocenters. The summed E-state index contributed by atoms with van der Waals surface area (Å²) in [7, 11) is 0. The Morgan fingerprint density at radius 3 is 2.20 bits per heavy atom. The second kappa shape index (κ2) is 4.00. The van der Waals surface area contributed by atoms with Gasteiger partial charge in [0.1, 0.15) is 11.2 Å². The van der Waals surface area contributed by atoms with Crippen molar-refractivity contribution in [2.75, 3.05) is 0 Å². The summed E-state index contributed by atoms with van der Waals surface area (Å²) in [4.78, 5) is 11.7. The van der Waals surface area contributed by atoms with Crippen LogP contribution in [0.5, 0.6) is 0 Å². The third-order valence-corrected chi connectivity index (χ3v) is 4.95. The molecule has 0 aromatic carbocycles. The summed E-state index contributed by atoms with van der Waals surface area (Å²) in [5.74, 6) is -0.607. The van der Waals surface area contributed by atoms with Crippen molar-refractivity contribution in [2.45, 2.75) is 55.8 Å². The van der Waals surface area contributed by atoms with Gasteiger partial charge in [0.2, 0.25) is 0 Å². The van der Waals surface area contributed by atoms with Crippen molar-refractivity contribution in [1.29, 1.82) is 0 Å². The van der Waals surface area contributed by atoms with Crippen molar-refractivity contribution in [1.82, 2.24) is 0 Å². The fraction of sp³-hybridized carbons (Fsp3) is 0.786. The maximum atomic E-state index is 12.5. The number of hydrogen-bond donors (Lipinski definition) is 1. The molecule has 4 fully saturated rings. The standard InChI is InChI=1S/C14H18F3NO2/c1-8(14(15,16)17)11(19)20-13-5-9-2-10(6-13)4-12(18,3-9)7-13/h9-10H,1-7,18H2. The van der Waals surface area contributed by atoms with E-state index in [4.69, 9.17) is 10.5 Å². The lowest BCUT2D eigenvalue weighted by Crippen LogP contribution is -2.64. The first-order valence-electron chi connectivity index (χ1n) is 6.89. The molecule has 112 valence electrons. The van der Waals surface area contributed by atoms with Gasteiger partial charge in [0.15, 0.2) is 0 Å². The average Bonchev–Trinajstić information content (AvgIpc) is 2.22. The largest absolute Gasteiger partial charge is 0.455 e. The highest BCUT2D eigenvalue weighted by Gasteiger charge is 2.58. The molecule has 0 saturated heterocycles. The lowest BCUT2D eigenvalue weighted by atomic mass is 9.51. The molecule has 0 heterocycles. The van der Waals surface area contributed by atoms with E-state index in [2.05, 4.69) is 6.58 Å². The highest BCUT2D eigenvalue weighted by atomic mass is 19.4. The van der Waals surface area contributed by atoms with E-state index in [1.165, 1.54) is 0 Å². The van der Waals surface area contributed by atoms with Gasteiger partial charge in [-0.3, -0.25) is 0 Å². The van der Waals surface area contributed by atoms with Gasteiger partial charge < -0.3 is 10.5 Å². The number of hydrogen-bond acceptors (Lipinski definition) is 3. The maximum Gasteiger partial charge on any atom is 0.422 e. The van der Waals surface area contributed by atoms with E-state index in [1.807, 2.05) is 0 Å². The minimum absolute atomic E-state index is 0.369. The maximum absolute atomic E-state index is 12.5. The quantitative estimate of drug-likeness (QED) is 0.628. The lowest BCUT2D eigenvalue weighted by molar-refractivity contribution is -0.191. The van der Waals surface area contributed by atoms with Crippen LogP contribution in [0.4, 0.5) is 13.2 Å². The van der Waals surface area contributed by atoms with Gasteiger partial charge in [0, 0.05) is 12.0 Å². The molecular formula is C14H18F3NO2. The smallest absolute Gasteiger partial charge is 0.422 e. The fourth-order valence-corrected chi connectivity index (χ4v) is 4.74. The number of carbonyl (C=O) groups excluding carboxylic acids is 1. The van der Waals surface area contributed by atoms with Crippen LogP contribution in [-0.4, -0.2) is 23.3 Å². The minimum Gasteiger partial charge on any atom is -0.455 e. The topological polar surface area (TPSA) is 52.3 Å². The molecule has 0 amide bonds. The molecule has 4 saturated carbocycles. The molecule has 4 bridgehead atoms. The molecule has 0 radical (unpaired) electrons. The number of carbonyl (C=O) groups is 1. The van der Waals surface area contributed by atoms with Crippen molar-refractivity contribution in [3.63, 3.8) is 0 Å². The number of nitrogens with two attached hydrogens (primary N) is 1. The van der Waals surface area contributed by atoms with Crippen LogP contribution in [0.2, 0.25) is 0 Å². The zero-order valence-electron chi connectivity index (χ0n) is 11.1. The normalized spacial score (nSPS) is 42.6. The number of esters is 1. The number of ether oxygens (including phenoxy) is 1. The molecule has 20 heavy (non-hydrogen) atoms. The number of alkyl halides is 3. The Morgan fingerprint density at radius 1 is 1.20 bits per heavy atom. The molecule has 0 aromatic rings. The third-order valence-electron chi connectivity index (χ3n) is 4.95.